The lowest BCUT2D eigenvalue weighted by Gasteiger charge is -2.15. The molecule has 2 rings (SSSR count). The van der Waals surface area contributed by atoms with Gasteiger partial charge in [-0.25, -0.2) is 9.78 Å². The van der Waals surface area contributed by atoms with Gasteiger partial charge in [0.05, 0.1) is 24.2 Å². The molecule has 0 radical (unpaired) electrons. The Morgan fingerprint density at radius 3 is 2.79 bits per heavy atom. The second-order valence-corrected chi connectivity index (χ2v) is 4.38. The summed E-state index contributed by atoms with van der Waals surface area (Å²) in [6.45, 7) is -0.145. The van der Waals surface area contributed by atoms with Crippen LogP contribution in [0.3, 0.4) is 0 Å². The first-order chi connectivity index (χ1) is 9.01. The molecule has 1 heterocycles. The van der Waals surface area contributed by atoms with E-state index in [0.29, 0.717) is 12.8 Å². The molecule has 1 saturated carbocycles. The molecular formula is C11H13N3O5. The van der Waals surface area contributed by atoms with Crippen LogP contribution in [-0.2, 0) is 4.74 Å². The largest absolute Gasteiger partial charge is 0.464 e. The summed E-state index contributed by atoms with van der Waals surface area (Å²) >= 11 is 0. The average Bonchev–Trinajstić information content (AvgIpc) is 3.17. The fraction of sp³-hybridized carbons (Fsp3) is 0.455. The molecule has 0 bridgehead atoms. The first-order valence-electron chi connectivity index (χ1n) is 5.64. The van der Waals surface area contributed by atoms with Crippen molar-refractivity contribution in [3.8, 4) is 0 Å². The first-order valence-corrected chi connectivity index (χ1v) is 5.64. The van der Waals surface area contributed by atoms with Gasteiger partial charge in [-0.2, -0.15) is 0 Å². The predicted octanol–water partition coefficient (Wildman–Crippen LogP) is 0.713. The number of esters is 1. The third-order valence-electron chi connectivity index (χ3n) is 3.00. The second kappa shape index (κ2) is 4.81. The van der Waals surface area contributed by atoms with Crippen LogP contribution in [0.2, 0.25) is 0 Å². The monoisotopic (exact) mass is 267 g/mol. The van der Waals surface area contributed by atoms with Crippen molar-refractivity contribution in [2.45, 2.75) is 18.4 Å². The molecule has 1 aromatic heterocycles. The summed E-state index contributed by atoms with van der Waals surface area (Å²) in [5.41, 5.74) is -0.830. The molecular weight excluding hydrogens is 254 g/mol. The van der Waals surface area contributed by atoms with Gasteiger partial charge in [0.15, 0.2) is 5.69 Å². The van der Waals surface area contributed by atoms with Crippen molar-refractivity contribution in [3.05, 3.63) is 27.9 Å². The number of anilines is 1. The Morgan fingerprint density at radius 1 is 1.63 bits per heavy atom. The molecule has 0 atom stereocenters. The minimum Gasteiger partial charge on any atom is -0.464 e. The van der Waals surface area contributed by atoms with E-state index in [0.717, 1.165) is 0 Å². The average molecular weight is 267 g/mol. The van der Waals surface area contributed by atoms with Crippen LogP contribution in [0.1, 0.15) is 23.3 Å². The molecule has 0 aromatic carbocycles. The molecule has 102 valence electrons. The van der Waals surface area contributed by atoms with Crippen LogP contribution in [0, 0.1) is 10.1 Å². The molecule has 1 aromatic rings. The Hall–Kier alpha value is -2.22. The van der Waals surface area contributed by atoms with Gasteiger partial charge in [-0.15, -0.1) is 0 Å². The molecule has 19 heavy (non-hydrogen) atoms. The number of nitrogens with one attached hydrogen (secondary N) is 1. The summed E-state index contributed by atoms with van der Waals surface area (Å²) in [5.74, 6) is -0.703. The van der Waals surface area contributed by atoms with E-state index in [2.05, 4.69) is 15.0 Å². The Morgan fingerprint density at radius 2 is 2.32 bits per heavy atom. The number of hydrogen-bond donors (Lipinski definition) is 2. The molecule has 2 N–H and O–H groups in total. The molecule has 8 heteroatoms. The number of rotatable bonds is 5. The van der Waals surface area contributed by atoms with Crippen molar-refractivity contribution in [1.29, 1.82) is 0 Å². The number of aromatic nitrogens is 1. The molecule has 0 amide bonds. The van der Waals surface area contributed by atoms with Crippen LogP contribution in [0.15, 0.2) is 12.1 Å². The van der Waals surface area contributed by atoms with Crippen LogP contribution in [0.5, 0.6) is 0 Å². The van der Waals surface area contributed by atoms with E-state index < -0.39 is 16.4 Å². The zero-order valence-electron chi connectivity index (χ0n) is 10.3. The lowest BCUT2D eigenvalue weighted by molar-refractivity contribution is -0.384. The molecule has 1 aliphatic carbocycles. The maximum atomic E-state index is 11.4. The molecule has 0 aliphatic heterocycles. The van der Waals surface area contributed by atoms with Crippen molar-refractivity contribution in [3.63, 3.8) is 0 Å². The maximum Gasteiger partial charge on any atom is 0.356 e. The SMILES string of the molecule is COC(=O)c1ccc([N+](=O)[O-])c(NC2(CO)CC2)n1. The fourth-order valence-corrected chi connectivity index (χ4v) is 1.63. The molecule has 1 fully saturated rings. The van der Waals surface area contributed by atoms with Crippen LogP contribution in [-0.4, -0.2) is 40.2 Å². The number of methoxy groups -OCH3 is 1. The number of ether oxygens (including phenoxy) is 1. The van der Waals surface area contributed by atoms with Gasteiger partial charge in [-0.3, -0.25) is 10.1 Å². The van der Waals surface area contributed by atoms with E-state index in [4.69, 9.17) is 0 Å². The van der Waals surface area contributed by atoms with Gasteiger partial charge in [-0.05, 0) is 18.9 Å². The lowest BCUT2D eigenvalue weighted by Crippen LogP contribution is -2.27. The minimum absolute atomic E-state index is 0.0238. The number of carbonyl (C=O) groups excluding carboxylic acids is 1. The van der Waals surface area contributed by atoms with E-state index >= 15 is 0 Å². The van der Waals surface area contributed by atoms with Gasteiger partial charge in [0.25, 0.3) is 0 Å². The van der Waals surface area contributed by atoms with Crippen molar-refractivity contribution >= 4 is 17.5 Å². The summed E-state index contributed by atoms with van der Waals surface area (Å²) in [6.07, 6.45) is 1.40. The highest BCUT2D eigenvalue weighted by atomic mass is 16.6. The third kappa shape index (κ3) is 2.63. The third-order valence-corrected chi connectivity index (χ3v) is 3.00. The van der Waals surface area contributed by atoms with Crippen LogP contribution in [0.25, 0.3) is 0 Å². The zero-order chi connectivity index (χ0) is 14.0. The van der Waals surface area contributed by atoms with E-state index in [1.54, 1.807) is 0 Å². The van der Waals surface area contributed by atoms with Crippen molar-refractivity contribution in [2.75, 3.05) is 19.0 Å². The standard InChI is InChI=1S/C11H13N3O5/c1-19-10(16)7-2-3-8(14(17)18)9(12-7)13-11(6-15)4-5-11/h2-3,15H,4-6H2,1H3,(H,12,13). The first kappa shape index (κ1) is 13.2. The van der Waals surface area contributed by atoms with Gasteiger partial charge < -0.3 is 15.2 Å². The summed E-state index contributed by atoms with van der Waals surface area (Å²) in [7, 11) is 1.20. The van der Waals surface area contributed by atoms with Crippen molar-refractivity contribution < 1.29 is 19.6 Å². The zero-order valence-corrected chi connectivity index (χ0v) is 10.3. The van der Waals surface area contributed by atoms with Gasteiger partial charge in [0, 0.05) is 6.07 Å². The number of carbonyl (C=O) groups is 1. The predicted molar refractivity (Wildman–Crippen MR) is 64.9 cm³/mol. The van der Waals surface area contributed by atoms with Crippen LogP contribution >= 0.6 is 0 Å². The number of hydrogen-bond acceptors (Lipinski definition) is 7. The molecule has 1 aliphatic rings. The lowest BCUT2D eigenvalue weighted by atomic mass is 10.2. The van der Waals surface area contributed by atoms with Crippen molar-refractivity contribution in [2.24, 2.45) is 0 Å². The highest BCUT2D eigenvalue weighted by molar-refractivity contribution is 5.88. The van der Waals surface area contributed by atoms with Crippen molar-refractivity contribution in [1.82, 2.24) is 4.98 Å². The number of nitrogens with zero attached hydrogens (tertiary/aromatic N) is 2. The van der Waals surface area contributed by atoms with Crippen LogP contribution < -0.4 is 5.32 Å². The molecule has 0 saturated heterocycles. The van der Waals surface area contributed by atoms with Gasteiger partial charge in [-0.1, -0.05) is 0 Å². The number of nitro groups is 1. The van der Waals surface area contributed by atoms with E-state index in [1.165, 1.54) is 19.2 Å². The summed E-state index contributed by atoms with van der Waals surface area (Å²) in [5, 5.41) is 23.0. The van der Waals surface area contributed by atoms with E-state index in [9.17, 15) is 20.0 Å². The minimum atomic E-state index is -0.674. The quantitative estimate of drug-likeness (QED) is 0.458. The van der Waals surface area contributed by atoms with E-state index in [1.807, 2.05) is 0 Å². The number of pyridine rings is 1. The Kier molecular flexibility index (Phi) is 3.34. The molecule has 0 spiro atoms. The summed E-state index contributed by atoms with van der Waals surface area (Å²) in [6, 6.07) is 2.42. The molecule has 8 nitrogen and oxygen atoms in total. The normalized spacial score (nSPS) is 15.7. The highest BCUT2D eigenvalue weighted by Gasteiger charge is 2.43. The number of aliphatic hydroxyl groups excluding tert-OH is 1. The van der Waals surface area contributed by atoms with Gasteiger partial charge in [0.2, 0.25) is 5.82 Å². The maximum absolute atomic E-state index is 11.4. The topological polar surface area (TPSA) is 115 Å². The summed E-state index contributed by atoms with van der Waals surface area (Å²) < 4.78 is 4.52. The highest BCUT2D eigenvalue weighted by Crippen LogP contribution is 2.39. The van der Waals surface area contributed by atoms with Gasteiger partial charge >= 0.3 is 11.7 Å². The summed E-state index contributed by atoms with van der Waals surface area (Å²) in [4.78, 5) is 25.6. The number of aliphatic hydroxyl groups is 1. The van der Waals surface area contributed by atoms with Crippen LogP contribution in [0.4, 0.5) is 11.5 Å². The smallest absolute Gasteiger partial charge is 0.356 e. The fourth-order valence-electron chi connectivity index (χ4n) is 1.63. The Balaban J connectivity index is 2.36. The Labute approximate surface area is 108 Å². The van der Waals surface area contributed by atoms with Gasteiger partial charge in [0.1, 0.15) is 0 Å². The Bertz CT molecular complexity index is 527. The second-order valence-electron chi connectivity index (χ2n) is 4.38. The molecule has 0 unspecified atom stereocenters. The van der Waals surface area contributed by atoms with E-state index in [-0.39, 0.29) is 23.8 Å².